The maximum Gasteiger partial charge on any atom is 0.273 e. The molecular formula is C30H28N4O5. The number of H-pyrrole nitrogens is 2. The molecule has 198 valence electrons. The Hall–Kier alpha value is -4.92. The van der Waals surface area contributed by atoms with Crippen LogP contribution in [0.15, 0.2) is 66.9 Å². The van der Waals surface area contributed by atoms with Crippen LogP contribution in [-0.2, 0) is 6.42 Å². The molecular weight excluding hydrogens is 496 g/mol. The third-order valence-electron chi connectivity index (χ3n) is 7.34. The zero-order valence-electron chi connectivity index (χ0n) is 21.8. The molecule has 1 atom stereocenters. The van der Waals surface area contributed by atoms with Gasteiger partial charge in [-0.15, -0.1) is 0 Å². The fraction of sp³-hybridized carbons (Fsp3) is 0.200. The van der Waals surface area contributed by atoms with E-state index in [9.17, 15) is 9.90 Å². The summed E-state index contributed by atoms with van der Waals surface area (Å²) in [6, 6.07) is 18.3. The number of carbonyl (C=O) groups excluding carboxylic acids is 1. The van der Waals surface area contributed by atoms with E-state index in [4.69, 9.17) is 14.2 Å². The average molecular weight is 525 g/mol. The molecule has 2 aromatic heterocycles. The van der Waals surface area contributed by atoms with Crippen LogP contribution in [0, 0.1) is 0 Å². The first kappa shape index (κ1) is 24.4. The van der Waals surface area contributed by atoms with Gasteiger partial charge in [-0.05, 0) is 72.1 Å². The lowest BCUT2D eigenvalue weighted by molar-refractivity contribution is 0.0746. The van der Waals surface area contributed by atoms with Crippen molar-refractivity contribution >= 4 is 16.8 Å². The van der Waals surface area contributed by atoms with E-state index in [2.05, 4.69) is 15.2 Å². The van der Waals surface area contributed by atoms with Crippen molar-refractivity contribution in [2.24, 2.45) is 0 Å². The zero-order valence-corrected chi connectivity index (χ0v) is 21.8. The maximum atomic E-state index is 13.8. The number of aromatic nitrogens is 3. The van der Waals surface area contributed by atoms with E-state index in [-0.39, 0.29) is 11.7 Å². The lowest BCUT2D eigenvalue weighted by atomic mass is 9.95. The van der Waals surface area contributed by atoms with Gasteiger partial charge in [-0.1, -0.05) is 6.07 Å². The molecule has 1 aliphatic rings. The number of phenols is 1. The summed E-state index contributed by atoms with van der Waals surface area (Å²) >= 11 is 0. The summed E-state index contributed by atoms with van der Waals surface area (Å²) < 4.78 is 16.1. The topological polar surface area (TPSA) is 113 Å². The summed E-state index contributed by atoms with van der Waals surface area (Å²) in [4.78, 5) is 19.0. The Balaban J connectivity index is 1.41. The highest BCUT2D eigenvalue weighted by atomic mass is 16.5. The summed E-state index contributed by atoms with van der Waals surface area (Å²) in [6.45, 7) is 0.460. The number of hydrogen-bond acceptors (Lipinski definition) is 6. The van der Waals surface area contributed by atoms with Crippen LogP contribution in [0.25, 0.3) is 22.2 Å². The molecule has 5 aromatic rings. The van der Waals surface area contributed by atoms with Crippen molar-refractivity contribution in [1.82, 2.24) is 20.1 Å². The van der Waals surface area contributed by atoms with Crippen molar-refractivity contribution in [3.63, 3.8) is 0 Å². The molecule has 0 fully saturated rings. The SMILES string of the molecule is COc1ccc(-c2n[nH]c3c2C(c2ccc(O)c(OC)c2)N(CCc2c[nH]c4ccc(OC)cc24)C3=O)cc1. The van der Waals surface area contributed by atoms with Crippen LogP contribution in [0.5, 0.6) is 23.0 Å². The second kappa shape index (κ2) is 9.75. The number of aromatic amines is 2. The molecule has 3 heterocycles. The van der Waals surface area contributed by atoms with Gasteiger partial charge >= 0.3 is 0 Å². The minimum atomic E-state index is -0.433. The standard InChI is InChI=1S/C30H28N4O5/c1-37-20-7-4-17(5-8-20)27-26-28(33-32-27)30(36)34(29(26)18-6-11-24(35)25(14-18)39-3)13-12-19-16-31-23-10-9-21(38-2)15-22(19)23/h4-11,14-16,29,31,35H,12-13H2,1-3H3,(H,32,33). The van der Waals surface area contributed by atoms with E-state index >= 15 is 0 Å². The number of aromatic hydroxyl groups is 1. The number of nitrogens with zero attached hydrogens (tertiary/aromatic N) is 2. The Morgan fingerprint density at radius 3 is 2.46 bits per heavy atom. The zero-order chi connectivity index (χ0) is 27.1. The molecule has 9 heteroatoms. The van der Waals surface area contributed by atoms with Crippen LogP contribution in [-0.4, -0.2) is 59.0 Å². The molecule has 6 rings (SSSR count). The quantitative estimate of drug-likeness (QED) is 0.261. The van der Waals surface area contributed by atoms with Crippen LogP contribution in [0.2, 0.25) is 0 Å². The second-order valence-corrected chi connectivity index (χ2v) is 9.40. The first-order chi connectivity index (χ1) is 19.0. The first-order valence-electron chi connectivity index (χ1n) is 12.6. The van der Waals surface area contributed by atoms with Crippen molar-refractivity contribution in [2.75, 3.05) is 27.9 Å². The fourth-order valence-corrected chi connectivity index (χ4v) is 5.34. The van der Waals surface area contributed by atoms with Gasteiger partial charge < -0.3 is 29.2 Å². The Morgan fingerprint density at radius 2 is 1.72 bits per heavy atom. The van der Waals surface area contributed by atoms with Gasteiger partial charge in [-0.25, -0.2) is 0 Å². The lowest BCUT2D eigenvalue weighted by Crippen LogP contribution is -2.31. The Bertz CT molecular complexity index is 1670. The van der Waals surface area contributed by atoms with E-state index in [1.54, 1.807) is 26.4 Å². The minimum absolute atomic E-state index is 0.0349. The molecule has 1 amide bonds. The Morgan fingerprint density at radius 1 is 0.949 bits per heavy atom. The fourth-order valence-electron chi connectivity index (χ4n) is 5.34. The predicted octanol–water partition coefficient (Wildman–Crippen LogP) is 5.08. The molecule has 9 nitrogen and oxygen atoms in total. The number of hydrogen-bond donors (Lipinski definition) is 3. The van der Waals surface area contributed by atoms with Gasteiger partial charge in [-0.2, -0.15) is 5.10 Å². The molecule has 39 heavy (non-hydrogen) atoms. The molecule has 0 saturated heterocycles. The van der Waals surface area contributed by atoms with Gasteiger partial charge in [-0.3, -0.25) is 9.89 Å². The normalized spacial score (nSPS) is 14.6. The van der Waals surface area contributed by atoms with Crippen LogP contribution < -0.4 is 14.2 Å². The van der Waals surface area contributed by atoms with Gasteiger partial charge in [0.25, 0.3) is 5.91 Å². The third kappa shape index (κ3) is 4.12. The summed E-state index contributed by atoms with van der Waals surface area (Å²) in [5.74, 6) is 1.75. The molecule has 3 N–H and O–H groups in total. The average Bonchev–Trinajstić information content (AvgIpc) is 3.66. The largest absolute Gasteiger partial charge is 0.504 e. The molecule has 0 bridgehead atoms. The number of nitrogens with one attached hydrogen (secondary N) is 2. The van der Waals surface area contributed by atoms with Crippen LogP contribution in [0.4, 0.5) is 0 Å². The van der Waals surface area contributed by atoms with E-state index in [0.29, 0.717) is 30.1 Å². The third-order valence-corrected chi connectivity index (χ3v) is 7.34. The summed E-state index contributed by atoms with van der Waals surface area (Å²) in [5, 5.41) is 18.8. The van der Waals surface area contributed by atoms with Gasteiger partial charge in [0.15, 0.2) is 11.5 Å². The summed E-state index contributed by atoms with van der Waals surface area (Å²) in [5.41, 5.74) is 5.71. The second-order valence-electron chi connectivity index (χ2n) is 9.40. The Labute approximate surface area is 224 Å². The number of ether oxygens (including phenoxy) is 3. The number of phenolic OH excluding ortho intramolecular Hbond substituents is 1. The molecule has 1 aliphatic heterocycles. The smallest absolute Gasteiger partial charge is 0.273 e. The van der Waals surface area contributed by atoms with Crippen molar-refractivity contribution in [1.29, 1.82) is 0 Å². The van der Waals surface area contributed by atoms with Crippen molar-refractivity contribution in [3.05, 3.63) is 89.2 Å². The van der Waals surface area contributed by atoms with Gasteiger partial charge in [0.1, 0.15) is 17.2 Å². The van der Waals surface area contributed by atoms with Gasteiger partial charge in [0.05, 0.1) is 33.1 Å². The molecule has 0 aliphatic carbocycles. The molecule has 0 saturated carbocycles. The first-order valence-corrected chi connectivity index (χ1v) is 12.6. The van der Waals surface area contributed by atoms with Crippen LogP contribution >= 0.6 is 0 Å². The van der Waals surface area contributed by atoms with E-state index in [0.717, 1.165) is 44.7 Å². The highest BCUT2D eigenvalue weighted by Crippen LogP contribution is 2.44. The van der Waals surface area contributed by atoms with E-state index < -0.39 is 6.04 Å². The van der Waals surface area contributed by atoms with Crippen LogP contribution in [0.3, 0.4) is 0 Å². The van der Waals surface area contributed by atoms with E-state index in [1.807, 2.05) is 59.6 Å². The maximum absolute atomic E-state index is 13.8. The molecule has 1 unspecified atom stereocenters. The molecule has 0 spiro atoms. The number of amides is 1. The highest BCUT2D eigenvalue weighted by Gasteiger charge is 2.42. The highest BCUT2D eigenvalue weighted by molar-refractivity contribution is 6.00. The number of benzene rings is 3. The number of rotatable bonds is 8. The lowest BCUT2D eigenvalue weighted by Gasteiger charge is -2.27. The van der Waals surface area contributed by atoms with E-state index in [1.165, 1.54) is 7.11 Å². The summed E-state index contributed by atoms with van der Waals surface area (Å²) in [6.07, 6.45) is 2.60. The van der Waals surface area contributed by atoms with Gasteiger partial charge in [0.2, 0.25) is 0 Å². The van der Waals surface area contributed by atoms with Crippen molar-refractivity contribution < 1.29 is 24.1 Å². The Kier molecular flexibility index (Phi) is 6.11. The molecule has 3 aromatic carbocycles. The number of carbonyl (C=O) groups is 1. The van der Waals surface area contributed by atoms with Crippen molar-refractivity contribution in [3.8, 4) is 34.3 Å². The van der Waals surface area contributed by atoms with Crippen LogP contribution in [0.1, 0.15) is 33.2 Å². The summed E-state index contributed by atoms with van der Waals surface area (Å²) in [7, 11) is 4.78. The van der Waals surface area contributed by atoms with Crippen molar-refractivity contribution in [2.45, 2.75) is 12.5 Å². The number of fused-ring (bicyclic) bond motifs is 2. The number of methoxy groups -OCH3 is 3. The minimum Gasteiger partial charge on any atom is -0.504 e. The predicted molar refractivity (Wildman–Crippen MR) is 147 cm³/mol. The molecule has 0 radical (unpaired) electrons. The van der Waals surface area contributed by atoms with Gasteiger partial charge in [0, 0.05) is 34.8 Å². The monoisotopic (exact) mass is 524 g/mol.